The molecule has 0 bridgehead atoms. The molecule has 1 aromatic carbocycles. The molecular weight excluding hydrogens is 245 g/mol. The number of nitrogens with zero attached hydrogens (tertiary/aromatic N) is 2. The highest BCUT2D eigenvalue weighted by Crippen LogP contribution is 2.27. The van der Waals surface area contributed by atoms with Crippen LogP contribution >= 0.6 is 0 Å². The Morgan fingerprint density at radius 3 is 2.33 bits per heavy atom. The van der Waals surface area contributed by atoms with Gasteiger partial charge in [0.15, 0.2) is 0 Å². The quantitative estimate of drug-likeness (QED) is 0.844. The van der Waals surface area contributed by atoms with Crippen molar-refractivity contribution in [3.8, 4) is 5.75 Å². The van der Waals surface area contributed by atoms with Crippen LogP contribution in [-0.4, -0.2) is 16.3 Å². The van der Waals surface area contributed by atoms with Gasteiger partial charge in [0.1, 0.15) is 11.6 Å². The molecular formula is C12H9F3N2O. The molecule has 0 spiro atoms. The lowest BCUT2D eigenvalue weighted by molar-refractivity contribution is -0.274. The summed E-state index contributed by atoms with van der Waals surface area (Å²) in [5.41, 5.74) is 0.390. The molecule has 0 saturated carbocycles. The van der Waals surface area contributed by atoms with E-state index in [-0.39, 0.29) is 12.2 Å². The summed E-state index contributed by atoms with van der Waals surface area (Å²) >= 11 is 0. The molecule has 0 aliphatic carbocycles. The lowest BCUT2D eigenvalue weighted by Gasteiger charge is -2.12. The Bertz CT molecular complexity index is 514. The van der Waals surface area contributed by atoms with Crippen molar-refractivity contribution < 1.29 is 17.9 Å². The Morgan fingerprint density at radius 2 is 1.67 bits per heavy atom. The molecule has 0 aliphatic rings. The lowest BCUT2D eigenvalue weighted by Crippen LogP contribution is -2.18. The topological polar surface area (TPSA) is 35.0 Å². The third kappa shape index (κ3) is 3.44. The Kier molecular flexibility index (Phi) is 3.45. The van der Waals surface area contributed by atoms with Gasteiger partial charge in [0.2, 0.25) is 0 Å². The molecule has 1 heterocycles. The van der Waals surface area contributed by atoms with E-state index >= 15 is 0 Å². The van der Waals surface area contributed by atoms with Crippen molar-refractivity contribution in [1.82, 2.24) is 9.97 Å². The van der Waals surface area contributed by atoms with Crippen LogP contribution in [0.1, 0.15) is 11.4 Å². The number of ether oxygens (including phenoxy) is 1. The minimum absolute atomic E-state index is 0.188. The fraction of sp³-hybridized carbons (Fsp3) is 0.167. The highest BCUT2D eigenvalue weighted by Gasteiger charge is 2.31. The number of aromatic nitrogens is 2. The average molecular weight is 254 g/mol. The van der Waals surface area contributed by atoms with Gasteiger partial charge < -0.3 is 4.74 Å². The van der Waals surface area contributed by atoms with E-state index in [1.54, 1.807) is 18.2 Å². The van der Waals surface area contributed by atoms with Crippen LogP contribution in [0.4, 0.5) is 13.2 Å². The summed E-state index contributed by atoms with van der Waals surface area (Å²) in [6, 6.07) is 7.59. The van der Waals surface area contributed by atoms with Gasteiger partial charge in [-0.25, -0.2) is 9.97 Å². The van der Waals surface area contributed by atoms with Crippen LogP contribution < -0.4 is 4.74 Å². The van der Waals surface area contributed by atoms with Crippen LogP contribution in [0.3, 0.4) is 0 Å². The standard InChI is InChI=1S/C12H9F3N2O/c13-12(14,15)18-10-5-2-1-4-9(10)8-11-16-6-3-7-17-11/h1-7H,8H2. The molecule has 94 valence electrons. The highest BCUT2D eigenvalue weighted by molar-refractivity contribution is 5.35. The summed E-state index contributed by atoms with van der Waals surface area (Å²) in [7, 11) is 0. The van der Waals surface area contributed by atoms with Gasteiger partial charge in [-0.15, -0.1) is 13.2 Å². The molecule has 0 unspecified atom stereocenters. The first kappa shape index (κ1) is 12.3. The van der Waals surface area contributed by atoms with Crippen molar-refractivity contribution in [1.29, 1.82) is 0 Å². The molecule has 0 fully saturated rings. The first-order chi connectivity index (χ1) is 8.54. The van der Waals surface area contributed by atoms with Crippen LogP contribution in [-0.2, 0) is 6.42 Å². The average Bonchev–Trinajstić information content (AvgIpc) is 2.31. The largest absolute Gasteiger partial charge is 0.573 e. The first-order valence-electron chi connectivity index (χ1n) is 5.14. The van der Waals surface area contributed by atoms with E-state index in [0.29, 0.717) is 11.4 Å². The zero-order chi connectivity index (χ0) is 13.0. The number of rotatable bonds is 3. The van der Waals surface area contributed by atoms with Gasteiger partial charge in [-0.05, 0) is 12.1 Å². The second-order valence-electron chi connectivity index (χ2n) is 3.50. The normalized spacial score (nSPS) is 11.3. The van der Waals surface area contributed by atoms with Crippen LogP contribution in [0.15, 0.2) is 42.7 Å². The van der Waals surface area contributed by atoms with E-state index in [1.807, 2.05) is 0 Å². The number of para-hydroxylation sites is 1. The van der Waals surface area contributed by atoms with Gasteiger partial charge in [-0.3, -0.25) is 0 Å². The molecule has 0 N–H and O–H groups in total. The molecule has 1 aromatic heterocycles. The summed E-state index contributed by atoms with van der Waals surface area (Å²) in [5.74, 6) is 0.216. The van der Waals surface area contributed by atoms with E-state index in [2.05, 4.69) is 14.7 Å². The van der Waals surface area contributed by atoms with E-state index < -0.39 is 6.36 Å². The van der Waals surface area contributed by atoms with Gasteiger partial charge >= 0.3 is 6.36 Å². The fourth-order valence-corrected chi connectivity index (χ4v) is 1.47. The minimum Gasteiger partial charge on any atom is -0.405 e. The van der Waals surface area contributed by atoms with E-state index in [9.17, 15) is 13.2 Å². The monoisotopic (exact) mass is 254 g/mol. The minimum atomic E-state index is -4.70. The van der Waals surface area contributed by atoms with Crippen molar-refractivity contribution in [2.75, 3.05) is 0 Å². The number of halogens is 3. The molecule has 18 heavy (non-hydrogen) atoms. The van der Waals surface area contributed by atoms with Crippen molar-refractivity contribution in [3.63, 3.8) is 0 Å². The predicted octanol–water partition coefficient (Wildman–Crippen LogP) is 2.97. The fourth-order valence-electron chi connectivity index (χ4n) is 1.47. The zero-order valence-corrected chi connectivity index (χ0v) is 9.19. The second-order valence-corrected chi connectivity index (χ2v) is 3.50. The molecule has 3 nitrogen and oxygen atoms in total. The Morgan fingerprint density at radius 1 is 1.00 bits per heavy atom. The van der Waals surface area contributed by atoms with E-state index in [4.69, 9.17) is 0 Å². The van der Waals surface area contributed by atoms with Gasteiger partial charge in [0.25, 0.3) is 0 Å². The van der Waals surface area contributed by atoms with Crippen molar-refractivity contribution in [3.05, 3.63) is 54.1 Å². The molecule has 2 aromatic rings. The maximum Gasteiger partial charge on any atom is 0.573 e. The SMILES string of the molecule is FC(F)(F)Oc1ccccc1Cc1ncccn1. The predicted molar refractivity (Wildman–Crippen MR) is 58.0 cm³/mol. The summed E-state index contributed by atoms with van der Waals surface area (Å²) in [4.78, 5) is 7.93. The van der Waals surface area contributed by atoms with Crippen LogP contribution in [0.25, 0.3) is 0 Å². The third-order valence-corrected chi connectivity index (χ3v) is 2.17. The Balaban J connectivity index is 2.23. The molecule has 0 aliphatic heterocycles. The van der Waals surface area contributed by atoms with Gasteiger partial charge in [-0.1, -0.05) is 18.2 Å². The maximum absolute atomic E-state index is 12.2. The second kappa shape index (κ2) is 5.03. The number of alkyl halides is 3. The Labute approximate surface area is 101 Å². The first-order valence-corrected chi connectivity index (χ1v) is 5.14. The lowest BCUT2D eigenvalue weighted by atomic mass is 10.1. The van der Waals surface area contributed by atoms with Crippen LogP contribution in [0.2, 0.25) is 0 Å². The smallest absolute Gasteiger partial charge is 0.405 e. The summed E-state index contributed by atoms with van der Waals surface area (Å²) in [5, 5.41) is 0. The molecule has 0 radical (unpaired) electrons. The van der Waals surface area contributed by atoms with Crippen molar-refractivity contribution in [2.45, 2.75) is 12.8 Å². The molecule has 2 rings (SSSR count). The summed E-state index contributed by atoms with van der Waals surface area (Å²) < 4.78 is 40.6. The van der Waals surface area contributed by atoms with E-state index in [0.717, 1.165) is 0 Å². The van der Waals surface area contributed by atoms with Crippen molar-refractivity contribution >= 4 is 0 Å². The van der Waals surface area contributed by atoms with Gasteiger partial charge in [0, 0.05) is 24.4 Å². The van der Waals surface area contributed by atoms with Gasteiger partial charge in [0.05, 0.1) is 0 Å². The van der Waals surface area contributed by atoms with Crippen LogP contribution in [0, 0.1) is 0 Å². The molecule has 0 saturated heterocycles. The van der Waals surface area contributed by atoms with Crippen LogP contribution in [0.5, 0.6) is 5.75 Å². The number of hydrogen-bond acceptors (Lipinski definition) is 3. The molecule has 0 amide bonds. The maximum atomic E-state index is 12.2. The summed E-state index contributed by atoms with van der Waals surface area (Å²) in [6.45, 7) is 0. The zero-order valence-electron chi connectivity index (χ0n) is 9.19. The molecule has 0 atom stereocenters. The van der Waals surface area contributed by atoms with Crippen molar-refractivity contribution in [2.24, 2.45) is 0 Å². The summed E-state index contributed by atoms with van der Waals surface area (Å²) in [6.07, 6.45) is -1.44. The molecule has 6 heteroatoms. The highest BCUT2D eigenvalue weighted by atomic mass is 19.4. The number of benzene rings is 1. The van der Waals surface area contributed by atoms with Gasteiger partial charge in [-0.2, -0.15) is 0 Å². The van der Waals surface area contributed by atoms with E-state index in [1.165, 1.54) is 24.5 Å². The number of hydrogen-bond donors (Lipinski definition) is 0. The Hall–Kier alpha value is -2.11. The third-order valence-electron chi connectivity index (χ3n) is 2.17.